The van der Waals surface area contributed by atoms with E-state index >= 15 is 0 Å². The van der Waals surface area contributed by atoms with E-state index in [1.807, 2.05) is 17.5 Å². The quantitative estimate of drug-likeness (QED) is 0.292. The van der Waals surface area contributed by atoms with Crippen LogP contribution in [0.15, 0.2) is 66.0 Å². The molecule has 1 saturated heterocycles. The third-order valence-corrected chi connectivity index (χ3v) is 6.79. The van der Waals surface area contributed by atoms with Crippen LogP contribution in [0, 0.1) is 15.9 Å². The number of halogens is 1. The van der Waals surface area contributed by atoms with Gasteiger partial charge in [-0.2, -0.15) is 0 Å². The Bertz CT molecular complexity index is 1200. The Hall–Kier alpha value is -3.63. The Balaban J connectivity index is 1.56. The van der Waals surface area contributed by atoms with E-state index in [4.69, 9.17) is 4.74 Å². The average Bonchev–Trinajstić information content (AvgIpc) is 3.58. The van der Waals surface area contributed by atoms with Crippen molar-refractivity contribution in [1.82, 2.24) is 9.80 Å². The number of nitrogens with zero attached hydrogens (tertiary/aromatic N) is 3. The lowest BCUT2D eigenvalue weighted by atomic mass is 10.1. The van der Waals surface area contributed by atoms with Crippen LogP contribution in [0.25, 0.3) is 0 Å². The highest BCUT2D eigenvalue weighted by Crippen LogP contribution is 2.20. The van der Waals surface area contributed by atoms with Crippen LogP contribution in [0.1, 0.15) is 33.6 Å². The first-order valence-corrected chi connectivity index (χ1v) is 12.5. The molecule has 0 aliphatic carbocycles. The van der Waals surface area contributed by atoms with Gasteiger partial charge in [-0.05, 0) is 48.1 Å². The molecule has 2 heterocycles. The van der Waals surface area contributed by atoms with E-state index in [2.05, 4.69) is 0 Å². The second kappa shape index (κ2) is 11.9. The fourth-order valence-electron chi connectivity index (χ4n) is 4.08. The third kappa shape index (κ3) is 6.73. The van der Waals surface area contributed by atoms with E-state index < -0.39 is 10.8 Å². The Morgan fingerprint density at radius 2 is 1.89 bits per heavy atom. The fraction of sp³-hybridized carbons (Fsp3) is 0.308. The Morgan fingerprint density at radius 3 is 2.56 bits per heavy atom. The zero-order valence-corrected chi connectivity index (χ0v) is 20.4. The zero-order chi connectivity index (χ0) is 25.5. The van der Waals surface area contributed by atoms with Crippen molar-refractivity contribution in [3.05, 3.63) is 98.0 Å². The summed E-state index contributed by atoms with van der Waals surface area (Å²) in [6.07, 6.45) is 1.43. The highest BCUT2D eigenvalue weighted by atomic mass is 32.1. The van der Waals surface area contributed by atoms with Crippen LogP contribution in [-0.4, -0.2) is 52.3 Å². The zero-order valence-electron chi connectivity index (χ0n) is 19.5. The van der Waals surface area contributed by atoms with E-state index in [0.717, 1.165) is 23.3 Å². The van der Waals surface area contributed by atoms with Gasteiger partial charge in [0.1, 0.15) is 12.4 Å². The van der Waals surface area contributed by atoms with Crippen molar-refractivity contribution in [2.24, 2.45) is 0 Å². The first-order valence-electron chi connectivity index (χ1n) is 11.6. The first-order chi connectivity index (χ1) is 17.4. The first kappa shape index (κ1) is 25.5. The molecule has 1 unspecified atom stereocenters. The molecule has 4 rings (SSSR count). The summed E-state index contributed by atoms with van der Waals surface area (Å²) in [5.74, 6) is -1.12. The highest BCUT2D eigenvalue weighted by Gasteiger charge is 2.28. The van der Waals surface area contributed by atoms with E-state index in [0.29, 0.717) is 13.2 Å². The van der Waals surface area contributed by atoms with Crippen molar-refractivity contribution in [2.45, 2.75) is 32.0 Å². The maximum absolute atomic E-state index is 13.5. The van der Waals surface area contributed by atoms with Crippen molar-refractivity contribution in [3.8, 4) is 0 Å². The number of hydrogen-bond donors (Lipinski definition) is 0. The molecule has 0 radical (unpaired) electrons. The monoisotopic (exact) mass is 511 g/mol. The molecular weight excluding hydrogens is 485 g/mol. The lowest BCUT2D eigenvalue weighted by Gasteiger charge is -2.29. The second-order valence-corrected chi connectivity index (χ2v) is 9.62. The predicted octanol–water partition coefficient (Wildman–Crippen LogP) is 4.65. The van der Waals surface area contributed by atoms with Crippen LogP contribution in [0.4, 0.5) is 10.1 Å². The molecule has 8 nitrogen and oxygen atoms in total. The normalized spacial score (nSPS) is 15.0. The number of ether oxygens (including phenoxy) is 1. The van der Waals surface area contributed by atoms with Gasteiger partial charge in [0.2, 0.25) is 5.91 Å². The molecule has 0 bridgehead atoms. The standard InChI is InChI=1S/C26H26FN3O5S/c27-21-10-8-19(9-11-21)15-28(17-24-7-3-13-36-24)25(31)18-29(16-23-6-2-12-35-23)26(32)20-4-1-5-22(14-20)30(33)34/h1,3-5,7-11,13-14,23H,2,6,12,15-18H2. The topological polar surface area (TPSA) is 93.0 Å². The smallest absolute Gasteiger partial charge is 0.270 e. The minimum Gasteiger partial charge on any atom is -0.376 e. The minimum atomic E-state index is -0.558. The maximum Gasteiger partial charge on any atom is 0.270 e. The number of nitro benzene ring substituents is 1. The molecule has 0 saturated carbocycles. The molecule has 1 aliphatic heterocycles. The number of amides is 2. The number of benzene rings is 2. The van der Waals surface area contributed by atoms with Gasteiger partial charge in [-0.15, -0.1) is 11.3 Å². The van der Waals surface area contributed by atoms with E-state index in [9.17, 15) is 24.1 Å². The van der Waals surface area contributed by atoms with Gasteiger partial charge in [-0.3, -0.25) is 19.7 Å². The largest absolute Gasteiger partial charge is 0.376 e. The van der Waals surface area contributed by atoms with Gasteiger partial charge in [0, 0.05) is 42.3 Å². The lowest BCUT2D eigenvalue weighted by molar-refractivity contribution is -0.384. The molecule has 2 aromatic carbocycles. The predicted molar refractivity (Wildman–Crippen MR) is 133 cm³/mol. The van der Waals surface area contributed by atoms with Gasteiger partial charge < -0.3 is 14.5 Å². The molecule has 3 aromatic rings. The Labute approximate surface area is 212 Å². The van der Waals surface area contributed by atoms with Crippen LogP contribution in [0.5, 0.6) is 0 Å². The number of carbonyl (C=O) groups is 2. The Morgan fingerprint density at radius 1 is 1.08 bits per heavy atom. The number of non-ortho nitro benzene ring substituents is 1. The van der Waals surface area contributed by atoms with Crippen LogP contribution >= 0.6 is 11.3 Å². The molecule has 1 atom stereocenters. The summed E-state index contributed by atoms with van der Waals surface area (Å²) in [7, 11) is 0. The summed E-state index contributed by atoms with van der Waals surface area (Å²) < 4.78 is 19.1. The van der Waals surface area contributed by atoms with Crippen LogP contribution in [0.3, 0.4) is 0 Å². The van der Waals surface area contributed by atoms with Gasteiger partial charge >= 0.3 is 0 Å². The second-order valence-electron chi connectivity index (χ2n) is 8.58. The molecule has 0 N–H and O–H groups in total. The summed E-state index contributed by atoms with van der Waals surface area (Å²) in [4.78, 5) is 41.6. The van der Waals surface area contributed by atoms with Crippen LogP contribution in [-0.2, 0) is 22.6 Å². The molecule has 0 spiro atoms. The number of rotatable bonds is 10. The molecule has 36 heavy (non-hydrogen) atoms. The molecule has 188 valence electrons. The maximum atomic E-state index is 13.5. The van der Waals surface area contributed by atoms with Crippen LogP contribution in [0.2, 0.25) is 0 Å². The van der Waals surface area contributed by atoms with Gasteiger partial charge in [0.25, 0.3) is 11.6 Å². The van der Waals surface area contributed by atoms with Crippen LogP contribution < -0.4 is 0 Å². The molecular formula is C26H26FN3O5S. The van der Waals surface area contributed by atoms with E-state index in [-0.39, 0.29) is 48.7 Å². The summed E-state index contributed by atoms with van der Waals surface area (Å²) in [5, 5.41) is 13.1. The number of nitro groups is 1. The molecule has 1 fully saturated rings. The molecule has 2 amide bonds. The van der Waals surface area contributed by atoms with Crippen molar-refractivity contribution in [2.75, 3.05) is 19.7 Å². The third-order valence-electron chi connectivity index (χ3n) is 5.93. The molecule has 1 aromatic heterocycles. The van der Waals surface area contributed by atoms with Crippen molar-refractivity contribution in [3.63, 3.8) is 0 Å². The number of hydrogen-bond acceptors (Lipinski definition) is 6. The van der Waals surface area contributed by atoms with Crippen molar-refractivity contribution < 1.29 is 23.6 Å². The summed E-state index contributed by atoms with van der Waals surface area (Å²) in [5.41, 5.74) is 0.704. The van der Waals surface area contributed by atoms with Gasteiger partial charge in [-0.25, -0.2) is 4.39 Å². The van der Waals surface area contributed by atoms with E-state index in [1.54, 1.807) is 17.0 Å². The Kier molecular flexibility index (Phi) is 8.40. The fourth-order valence-corrected chi connectivity index (χ4v) is 4.80. The highest BCUT2D eigenvalue weighted by molar-refractivity contribution is 7.09. The van der Waals surface area contributed by atoms with Crippen molar-refractivity contribution in [1.29, 1.82) is 0 Å². The molecule has 1 aliphatic rings. The van der Waals surface area contributed by atoms with Gasteiger partial charge in [0.15, 0.2) is 0 Å². The van der Waals surface area contributed by atoms with Gasteiger partial charge in [0.05, 0.1) is 17.6 Å². The number of carbonyl (C=O) groups excluding carboxylic acids is 2. The summed E-state index contributed by atoms with van der Waals surface area (Å²) in [6, 6.07) is 15.3. The average molecular weight is 512 g/mol. The van der Waals surface area contributed by atoms with Gasteiger partial charge in [-0.1, -0.05) is 24.3 Å². The SMILES string of the molecule is O=C(CN(CC1CCCO1)C(=O)c1cccc([N+](=O)[O-])c1)N(Cc1ccc(F)cc1)Cc1cccs1. The lowest BCUT2D eigenvalue weighted by Crippen LogP contribution is -2.45. The van der Waals surface area contributed by atoms with E-state index in [1.165, 1.54) is 52.6 Å². The van der Waals surface area contributed by atoms with Crippen molar-refractivity contribution >= 4 is 28.8 Å². The summed E-state index contributed by atoms with van der Waals surface area (Å²) >= 11 is 1.52. The minimum absolute atomic E-state index is 0.137. The summed E-state index contributed by atoms with van der Waals surface area (Å²) in [6.45, 7) is 1.17. The molecule has 10 heteroatoms. The number of thiophene rings is 1.